The number of H-pyrrole nitrogens is 2. The molecule has 138 valence electrons. The topological polar surface area (TPSA) is 201 Å². The molecule has 0 saturated heterocycles. The molecular weight excluding hydrogens is 413 g/mol. The van der Waals surface area contributed by atoms with Gasteiger partial charge in [0.2, 0.25) is 0 Å². The van der Waals surface area contributed by atoms with Gasteiger partial charge in [0.05, 0.1) is 42.5 Å². The van der Waals surface area contributed by atoms with Gasteiger partial charge in [-0.3, -0.25) is 4.79 Å². The first kappa shape index (κ1) is 25.0. The third-order valence-corrected chi connectivity index (χ3v) is 1.99. The van der Waals surface area contributed by atoms with Gasteiger partial charge in [0, 0.05) is 12.4 Å². The first-order valence-electron chi connectivity index (χ1n) is 6.52. The molecule has 2 aromatic heterocycles. The molecule has 0 aromatic carbocycles. The standard InChI is InChI=1S/2C6H6N2O2.C2H5NO2.Se/c2*9-6(10)2-1-5-3-7-4-8-5;3-1-2(4)5;/h2*1-4H,(H,7,8)(H,9,10);1,3H2,(H,4,5);/q;;;+2/p-2. The second kappa shape index (κ2) is 15.3. The minimum absolute atomic E-state index is 0. The second-order valence-electron chi connectivity index (χ2n) is 3.89. The fourth-order valence-corrected chi connectivity index (χ4v) is 1.03. The van der Waals surface area contributed by atoms with Crippen molar-refractivity contribution in [1.29, 1.82) is 0 Å². The summed E-state index contributed by atoms with van der Waals surface area (Å²) in [6.07, 6.45) is 10.7. The molecule has 5 N–H and O–H groups in total. The molecule has 4 radical (unpaired) electrons. The van der Waals surface area contributed by atoms with Gasteiger partial charge in [0.15, 0.2) is 0 Å². The van der Waals surface area contributed by atoms with E-state index < -0.39 is 17.9 Å². The number of nitrogens with zero attached hydrogens (tertiary/aromatic N) is 2. The zero-order valence-electron chi connectivity index (χ0n) is 13.2. The van der Waals surface area contributed by atoms with E-state index in [9.17, 15) is 24.6 Å². The van der Waals surface area contributed by atoms with Crippen molar-refractivity contribution in [2.75, 3.05) is 6.54 Å². The Morgan fingerprint density at radius 3 is 1.54 bits per heavy atom. The Hall–Kier alpha value is -3.21. The van der Waals surface area contributed by atoms with Crippen molar-refractivity contribution in [2.24, 2.45) is 5.73 Å². The van der Waals surface area contributed by atoms with Crippen LogP contribution in [0.5, 0.6) is 0 Å². The summed E-state index contributed by atoms with van der Waals surface area (Å²) in [5.74, 6) is -3.41. The number of rotatable bonds is 5. The van der Waals surface area contributed by atoms with Crippen LogP contribution in [-0.2, 0) is 14.4 Å². The number of aromatic nitrogens is 4. The van der Waals surface area contributed by atoms with Gasteiger partial charge in [0.25, 0.3) is 0 Å². The van der Waals surface area contributed by atoms with Crippen LogP contribution in [-0.4, -0.2) is 66.6 Å². The monoisotopic (exact) mass is 429 g/mol. The number of imidazole rings is 2. The number of carbonyl (C=O) groups excluding carboxylic acids is 2. The van der Waals surface area contributed by atoms with Crippen LogP contribution in [0.25, 0.3) is 12.2 Å². The predicted molar refractivity (Wildman–Crippen MR) is 87.7 cm³/mol. The molecule has 11 nitrogen and oxygen atoms in total. The SMILES string of the molecule is NCC(=O)O.O=C([O-])C=Cc1c[nH]cn1.O=C([O-])C=Cc1c[nH]cn1.[Se+2]. The average Bonchev–Trinajstić information content (AvgIpc) is 3.25. The summed E-state index contributed by atoms with van der Waals surface area (Å²) in [5.41, 5.74) is 5.72. The van der Waals surface area contributed by atoms with Gasteiger partial charge in [-0.25, -0.2) is 9.97 Å². The molecule has 0 spiro atoms. The summed E-state index contributed by atoms with van der Waals surface area (Å²) in [6.45, 7) is -0.278. The first-order valence-corrected chi connectivity index (χ1v) is 6.52. The molecule has 0 fully saturated rings. The molecule has 0 aliphatic heterocycles. The van der Waals surface area contributed by atoms with Crippen molar-refractivity contribution in [3.8, 4) is 0 Å². The fraction of sp³-hybridized carbons (Fsp3) is 0.0714. The van der Waals surface area contributed by atoms with Crippen molar-refractivity contribution < 1.29 is 29.7 Å². The smallest absolute Gasteiger partial charge is 0.545 e. The van der Waals surface area contributed by atoms with E-state index in [1.54, 1.807) is 12.4 Å². The minimum atomic E-state index is -1.22. The summed E-state index contributed by atoms with van der Waals surface area (Å²) in [7, 11) is 0. The summed E-state index contributed by atoms with van der Waals surface area (Å²) in [5, 5.41) is 27.3. The van der Waals surface area contributed by atoms with Gasteiger partial charge >= 0.3 is 23.0 Å². The number of carboxylic acid groups (broad SMARTS) is 3. The van der Waals surface area contributed by atoms with Crippen LogP contribution in [0, 0.1) is 0 Å². The zero-order valence-corrected chi connectivity index (χ0v) is 14.9. The van der Waals surface area contributed by atoms with Crippen LogP contribution in [0.3, 0.4) is 0 Å². The summed E-state index contributed by atoms with van der Waals surface area (Å²) >= 11 is 0. The molecular formula is C14H15N5O6Se. The number of carboxylic acids is 3. The van der Waals surface area contributed by atoms with Gasteiger partial charge in [-0.2, -0.15) is 0 Å². The Kier molecular flexibility index (Phi) is 14.8. The van der Waals surface area contributed by atoms with Crippen LogP contribution >= 0.6 is 0 Å². The number of aromatic amines is 2. The quantitative estimate of drug-likeness (QED) is 0.283. The van der Waals surface area contributed by atoms with E-state index in [2.05, 4.69) is 25.7 Å². The Labute approximate surface area is 158 Å². The minimum Gasteiger partial charge on any atom is -0.545 e. The van der Waals surface area contributed by atoms with E-state index >= 15 is 0 Å². The molecule has 0 saturated carbocycles. The van der Waals surface area contributed by atoms with Crippen molar-refractivity contribution in [3.05, 3.63) is 48.6 Å². The molecule has 26 heavy (non-hydrogen) atoms. The second-order valence-corrected chi connectivity index (χ2v) is 3.89. The molecule has 0 amide bonds. The van der Waals surface area contributed by atoms with E-state index in [4.69, 9.17) is 5.11 Å². The Bertz CT molecular complexity index is 643. The van der Waals surface area contributed by atoms with E-state index in [0.717, 1.165) is 12.2 Å². The van der Waals surface area contributed by atoms with Gasteiger partial charge in [0.1, 0.15) is 0 Å². The Morgan fingerprint density at radius 2 is 1.35 bits per heavy atom. The van der Waals surface area contributed by atoms with Crippen molar-refractivity contribution >= 4 is 47.1 Å². The third-order valence-electron chi connectivity index (χ3n) is 1.99. The number of hydrogen-bond donors (Lipinski definition) is 4. The van der Waals surface area contributed by atoms with Crippen molar-refractivity contribution in [1.82, 2.24) is 19.9 Å². The summed E-state index contributed by atoms with van der Waals surface area (Å²) < 4.78 is 0. The van der Waals surface area contributed by atoms with E-state index in [1.165, 1.54) is 24.8 Å². The predicted octanol–water partition coefficient (Wildman–Crippen LogP) is -3.01. The normalized spacial score (nSPS) is 9.42. The van der Waals surface area contributed by atoms with Crippen LogP contribution < -0.4 is 15.9 Å². The number of aliphatic carboxylic acids is 3. The van der Waals surface area contributed by atoms with E-state index in [0.29, 0.717) is 11.4 Å². The van der Waals surface area contributed by atoms with Crippen molar-refractivity contribution in [2.45, 2.75) is 0 Å². The number of hydrogen-bond acceptors (Lipinski definition) is 8. The number of nitrogens with two attached hydrogens (primary N) is 1. The molecule has 2 aromatic rings. The van der Waals surface area contributed by atoms with Crippen LogP contribution in [0.2, 0.25) is 0 Å². The summed E-state index contributed by atoms with van der Waals surface area (Å²) in [4.78, 5) is 41.8. The fourth-order valence-electron chi connectivity index (χ4n) is 1.03. The number of nitrogens with one attached hydrogen (secondary N) is 2. The van der Waals surface area contributed by atoms with Gasteiger partial charge in [-0.1, -0.05) is 0 Å². The van der Waals surface area contributed by atoms with Crippen LogP contribution in [0.15, 0.2) is 37.2 Å². The van der Waals surface area contributed by atoms with E-state index in [1.807, 2.05) is 0 Å². The zero-order chi connectivity index (χ0) is 19.1. The molecule has 0 aliphatic rings. The van der Waals surface area contributed by atoms with Crippen LogP contribution in [0.4, 0.5) is 0 Å². The summed E-state index contributed by atoms with van der Waals surface area (Å²) in [6, 6.07) is 0. The molecule has 0 unspecified atom stereocenters. The Morgan fingerprint density at radius 1 is 1.00 bits per heavy atom. The molecule has 0 atom stereocenters. The van der Waals surface area contributed by atoms with Crippen molar-refractivity contribution in [3.63, 3.8) is 0 Å². The van der Waals surface area contributed by atoms with Gasteiger partial charge < -0.3 is 40.6 Å². The maximum atomic E-state index is 9.86. The molecule has 12 heteroatoms. The molecule has 0 bridgehead atoms. The largest absolute Gasteiger partial charge is 2.00 e. The maximum Gasteiger partial charge on any atom is 2.00 e. The first-order chi connectivity index (χ1) is 11.8. The molecule has 2 heterocycles. The van der Waals surface area contributed by atoms with Gasteiger partial charge in [-0.15, -0.1) is 0 Å². The molecule has 0 aliphatic carbocycles. The van der Waals surface area contributed by atoms with Crippen LogP contribution in [0.1, 0.15) is 11.4 Å². The number of carbonyl (C=O) groups is 3. The maximum absolute atomic E-state index is 9.86. The third kappa shape index (κ3) is 15.7. The Balaban J connectivity index is 0. The average molecular weight is 428 g/mol. The molecule has 2 rings (SSSR count). The van der Waals surface area contributed by atoms with Gasteiger partial charge in [-0.05, 0) is 24.3 Å². The van der Waals surface area contributed by atoms with E-state index in [-0.39, 0.29) is 23.6 Å².